The molecule has 1 amide bonds. The van der Waals surface area contributed by atoms with Crippen LogP contribution in [0.15, 0.2) is 0 Å². The lowest BCUT2D eigenvalue weighted by Crippen LogP contribution is -2.43. The summed E-state index contributed by atoms with van der Waals surface area (Å²) in [5.74, 6) is -0.0194. The lowest BCUT2D eigenvalue weighted by molar-refractivity contribution is -0.123. The summed E-state index contributed by atoms with van der Waals surface area (Å²) in [4.78, 5) is 13.5. The van der Waals surface area contributed by atoms with Crippen LogP contribution >= 0.6 is 0 Å². The summed E-state index contributed by atoms with van der Waals surface area (Å²) in [6.07, 6.45) is 5.37. The molecule has 1 heterocycles. The molecule has 15 heavy (non-hydrogen) atoms. The minimum absolute atomic E-state index is 0.108. The summed E-state index contributed by atoms with van der Waals surface area (Å²) in [5, 5.41) is 0. The number of carbonyl (C=O) groups is 1. The third kappa shape index (κ3) is 2.49. The first-order chi connectivity index (χ1) is 7.16. The minimum atomic E-state index is -0.127. The van der Waals surface area contributed by atoms with Gasteiger partial charge in [-0.25, -0.2) is 0 Å². The highest BCUT2D eigenvalue weighted by molar-refractivity contribution is 5.76. The average Bonchev–Trinajstić information content (AvgIpc) is 2.65. The Hall–Kier alpha value is -0.610. The molecule has 86 valence electrons. The Balaban J connectivity index is 1.80. The first-order valence-corrected chi connectivity index (χ1v) is 5.95. The number of nitrogens with two attached hydrogens (primary N) is 2. The van der Waals surface area contributed by atoms with E-state index < -0.39 is 0 Å². The van der Waals surface area contributed by atoms with E-state index in [9.17, 15) is 4.79 Å². The lowest BCUT2D eigenvalue weighted by Gasteiger charge is -2.35. The van der Waals surface area contributed by atoms with Crippen molar-refractivity contribution < 1.29 is 4.79 Å². The molecule has 1 saturated heterocycles. The third-order valence-corrected chi connectivity index (χ3v) is 3.89. The second-order valence-corrected chi connectivity index (χ2v) is 4.94. The SMILES string of the molecule is NC(=O)C1CCN(C2CCC(N)C2)CC1. The Bertz CT molecular complexity index is 236. The molecule has 0 aromatic rings. The van der Waals surface area contributed by atoms with Gasteiger partial charge < -0.3 is 16.4 Å². The van der Waals surface area contributed by atoms with Crippen molar-refractivity contribution >= 4 is 5.91 Å². The van der Waals surface area contributed by atoms with E-state index >= 15 is 0 Å². The van der Waals surface area contributed by atoms with Gasteiger partial charge in [0.05, 0.1) is 0 Å². The van der Waals surface area contributed by atoms with E-state index in [0.717, 1.165) is 38.8 Å². The van der Waals surface area contributed by atoms with Gasteiger partial charge in [0.25, 0.3) is 0 Å². The van der Waals surface area contributed by atoms with Crippen LogP contribution in [0.25, 0.3) is 0 Å². The van der Waals surface area contributed by atoms with E-state index in [1.54, 1.807) is 0 Å². The summed E-state index contributed by atoms with van der Waals surface area (Å²) in [6, 6.07) is 1.05. The van der Waals surface area contributed by atoms with Gasteiger partial charge >= 0.3 is 0 Å². The van der Waals surface area contributed by atoms with Crippen molar-refractivity contribution in [2.45, 2.75) is 44.2 Å². The zero-order chi connectivity index (χ0) is 10.8. The molecule has 4 nitrogen and oxygen atoms in total. The van der Waals surface area contributed by atoms with Crippen LogP contribution < -0.4 is 11.5 Å². The number of hydrogen-bond donors (Lipinski definition) is 2. The topological polar surface area (TPSA) is 72.4 Å². The van der Waals surface area contributed by atoms with Crippen LogP contribution in [0.2, 0.25) is 0 Å². The van der Waals surface area contributed by atoms with E-state index in [0.29, 0.717) is 12.1 Å². The van der Waals surface area contributed by atoms with Gasteiger partial charge in [-0.05, 0) is 45.2 Å². The highest BCUT2D eigenvalue weighted by Crippen LogP contribution is 2.27. The molecule has 0 radical (unpaired) electrons. The van der Waals surface area contributed by atoms with Crippen molar-refractivity contribution in [3.63, 3.8) is 0 Å². The van der Waals surface area contributed by atoms with Crippen LogP contribution in [0.1, 0.15) is 32.1 Å². The molecule has 0 aromatic heterocycles. The van der Waals surface area contributed by atoms with Crippen LogP contribution in [0.4, 0.5) is 0 Å². The fraction of sp³-hybridized carbons (Fsp3) is 0.909. The molecular formula is C11H21N3O. The lowest BCUT2D eigenvalue weighted by atomic mass is 9.95. The van der Waals surface area contributed by atoms with E-state index in [1.807, 2.05) is 0 Å². The fourth-order valence-electron chi connectivity index (χ4n) is 2.87. The van der Waals surface area contributed by atoms with Gasteiger partial charge in [0.2, 0.25) is 5.91 Å². The molecule has 2 rings (SSSR count). The largest absolute Gasteiger partial charge is 0.369 e. The molecule has 1 saturated carbocycles. The zero-order valence-corrected chi connectivity index (χ0v) is 9.19. The number of piperidine rings is 1. The summed E-state index contributed by atoms with van der Waals surface area (Å²) >= 11 is 0. The molecule has 1 aliphatic carbocycles. The van der Waals surface area contributed by atoms with Crippen LogP contribution in [-0.2, 0) is 4.79 Å². The number of primary amides is 1. The monoisotopic (exact) mass is 211 g/mol. The van der Waals surface area contributed by atoms with Crippen molar-refractivity contribution in [2.24, 2.45) is 17.4 Å². The van der Waals surface area contributed by atoms with Gasteiger partial charge in [-0.2, -0.15) is 0 Å². The molecule has 0 aromatic carbocycles. The first kappa shape index (κ1) is 10.9. The molecule has 2 unspecified atom stereocenters. The second kappa shape index (κ2) is 4.49. The molecule has 4 heteroatoms. The van der Waals surface area contributed by atoms with Crippen LogP contribution in [0.5, 0.6) is 0 Å². The number of rotatable bonds is 2. The normalized spacial score (nSPS) is 34.5. The Morgan fingerprint density at radius 3 is 2.27 bits per heavy atom. The third-order valence-electron chi connectivity index (χ3n) is 3.89. The highest BCUT2D eigenvalue weighted by Gasteiger charge is 2.31. The van der Waals surface area contributed by atoms with Gasteiger partial charge in [0, 0.05) is 18.0 Å². The van der Waals surface area contributed by atoms with Gasteiger partial charge in [0.1, 0.15) is 0 Å². The quantitative estimate of drug-likeness (QED) is 0.678. The summed E-state index contributed by atoms with van der Waals surface area (Å²) in [6.45, 7) is 2.04. The predicted octanol–water partition coefficient (Wildman–Crippen LogP) is 0.0635. The van der Waals surface area contributed by atoms with E-state index in [-0.39, 0.29) is 11.8 Å². The van der Waals surface area contributed by atoms with Crippen LogP contribution in [0, 0.1) is 5.92 Å². The predicted molar refractivity (Wildman–Crippen MR) is 59.1 cm³/mol. The summed E-state index contributed by atoms with van der Waals surface area (Å²) < 4.78 is 0. The van der Waals surface area contributed by atoms with Gasteiger partial charge in [-0.15, -0.1) is 0 Å². The van der Waals surface area contributed by atoms with Crippen LogP contribution in [-0.4, -0.2) is 36.0 Å². The Labute approximate surface area is 91.0 Å². The van der Waals surface area contributed by atoms with Gasteiger partial charge in [-0.1, -0.05) is 0 Å². The maximum Gasteiger partial charge on any atom is 0.220 e. The van der Waals surface area contributed by atoms with Gasteiger partial charge in [-0.3, -0.25) is 4.79 Å². The Kier molecular flexibility index (Phi) is 3.26. The number of nitrogens with zero attached hydrogens (tertiary/aromatic N) is 1. The van der Waals surface area contributed by atoms with Crippen molar-refractivity contribution in [3.8, 4) is 0 Å². The number of carbonyl (C=O) groups excluding carboxylic acids is 1. The van der Waals surface area contributed by atoms with Crippen LogP contribution in [0.3, 0.4) is 0 Å². The summed E-state index contributed by atoms with van der Waals surface area (Å²) in [7, 11) is 0. The van der Waals surface area contributed by atoms with E-state index in [1.165, 1.54) is 6.42 Å². The van der Waals surface area contributed by atoms with Gasteiger partial charge in [0.15, 0.2) is 0 Å². The molecular weight excluding hydrogens is 190 g/mol. The second-order valence-electron chi connectivity index (χ2n) is 4.94. The van der Waals surface area contributed by atoms with Crippen molar-refractivity contribution in [1.29, 1.82) is 0 Å². The van der Waals surface area contributed by atoms with Crippen molar-refractivity contribution in [1.82, 2.24) is 4.90 Å². The fourth-order valence-corrected chi connectivity index (χ4v) is 2.87. The molecule has 0 bridgehead atoms. The standard InChI is InChI=1S/C11H21N3O/c12-9-1-2-10(7-9)14-5-3-8(4-6-14)11(13)15/h8-10H,1-7,12H2,(H2,13,15). The number of likely N-dealkylation sites (tertiary alicyclic amines) is 1. The van der Waals surface area contributed by atoms with E-state index in [2.05, 4.69) is 4.90 Å². The van der Waals surface area contributed by atoms with E-state index in [4.69, 9.17) is 11.5 Å². The number of hydrogen-bond acceptors (Lipinski definition) is 3. The maximum absolute atomic E-state index is 11.0. The summed E-state index contributed by atoms with van der Waals surface area (Å²) in [5.41, 5.74) is 11.2. The molecule has 2 fully saturated rings. The number of amides is 1. The molecule has 0 spiro atoms. The molecule has 1 aliphatic heterocycles. The molecule has 2 aliphatic rings. The smallest absolute Gasteiger partial charge is 0.220 e. The first-order valence-electron chi connectivity index (χ1n) is 5.95. The maximum atomic E-state index is 11.0. The minimum Gasteiger partial charge on any atom is -0.369 e. The Morgan fingerprint density at radius 2 is 1.80 bits per heavy atom. The zero-order valence-electron chi connectivity index (χ0n) is 9.19. The highest BCUT2D eigenvalue weighted by atomic mass is 16.1. The molecule has 2 atom stereocenters. The van der Waals surface area contributed by atoms with Crippen molar-refractivity contribution in [2.75, 3.05) is 13.1 Å². The molecule has 4 N–H and O–H groups in total. The average molecular weight is 211 g/mol. The van der Waals surface area contributed by atoms with Crippen molar-refractivity contribution in [3.05, 3.63) is 0 Å². The Morgan fingerprint density at radius 1 is 1.13 bits per heavy atom.